The average Bonchev–Trinajstić information content (AvgIpc) is 2.78. The number of halogens is 6. The van der Waals surface area contributed by atoms with E-state index in [0.29, 0.717) is 11.0 Å². The van der Waals surface area contributed by atoms with Crippen LogP contribution in [0.4, 0.5) is 36.8 Å². The fourth-order valence-corrected chi connectivity index (χ4v) is 2.73. The molecule has 1 aromatic carbocycles. The van der Waals surface area contributed by atoms with Crippen molar-refractivity contribution >= 4 is 11.8 Å². The third kappa shape index (κ3) is 3.50. The van der Waals surface area contributed by atoms with Gasteiger partial charge in [0.1, 0.15) is 6.10 Å². The van der Waals surface area contributed by atoms with Gasteiger partial charge in [-0.05, 0) is 25.1 Å². The summed E-state index contributed by atoms with van der Waals surface area (Å²) in [6, 6.07) is 2.12. The fourth-order valence-electron chi connectivity index (χ4n) is 2.73. The summed E-state index contributed by atoms with van der Waals surface area (Å²) >= 11 is 0. The lowest BCUT2D eigenvalue weighted by molar-refractivity contribution is -0.177. The van der Waals surface area contributed by atoms with Crippen molar-refractivity contribution in [2.75, 3.05) is 4.90 Å². The summed E-state index contributed by atoms with van der Waals surface area (Å²) in [7, 11) is 0. The summed E-state index contributed by atoms with van der Waals surface area (Å²) in [6.45, 7) is 2.06. The molecule has 1 amide bonds. The van der Waals surface area contributed by atoms with Gasteiger partial charge in [0.05, 0.1) is 29.2 Å². The van der Waals surface area contributed by atoms with Crippen LogP contribution in [-0.2, 0) is 10.9 Å². The number of carbonyl (C=O) groups excluding carboxylic acids is 1. The zero-order chi connectivity index (χ0) is 19.2. The molecule has 0 spiro atoms. The van der Waals surface area contributed by atoms with Gasteiger partial charge in [0.2, 0.25) is 0 Å². The lowest BCUT2D eigenvalue weighted by atomic mass is 9.95. The van der Waals surface area contributed by atoms with Gasteiger partial charge in [-0.3, -0.25) is 4.90 Å². The number of cyclic esters (lactones) is 1. The van der Waals surface area contributed by atoms with Crippen LogP contribution in [0.5, 0.6) is 0 Å². The summed E-state index contributed by atoms with van der Waals surface area (Å²) in [5.41, 5.74) is -2.45. The Labute approximate surface area is 138 Å². The quantitative estimate of drug-likeness (QED) is 0.725. The molecule has 0 radical (unpaired) electrons. The molecule has 136 valence electrons. The monoisotopic (exact) mass is 366 g/mol. The topological polar surface area (TPSA) is 53.3 Å². The Morgan fingerprint density at radius 1 is 1.24 bits per heavy atom. The van der Waals surface area contributed by atoms with Crippen molar-refractivity contribution in [1.29, 1.82) is 5.26 Å². The molecule has 1 fully saturated rings. The molecule has 1 aromatic rings. The van der Waals surface area contributed by atoms with Crippen LogP contribution in [0, 0.1) is 17.2 Å². The highest BCUT2D eigenvalue weighted by Gasteiger charge is 2.52. The zero-order valence-electron chi connectivity index (χ0n) is 12.9. The molecular formula is C15H12F6N2O2. The van der Waals surface area contributed by atoms with Gasteiger partial charge in [-0.2, -0.15) is 31.6 Å². The van der Waals surface area contributed by atoms with Crippen LogP contribution >= 0.6 is 0 Å². The van der Waals surface area contributed by atoms with Crippen LogP contribution in [-0.4, -0.2) is 24.4 Å². The number of anilines is 1. The van der Waals surface area contributed by atoms with E-state index in [1.165, 1.54) is 13.0 Å². The third-order valence-electron chi connectivity index (χ3n) is 4.00. The molecule has 0 N–H and O–H groups in total. The van der Waals surface area contributed by atoms with Crippen LogP contribution < -0.4 is 4.90 Å². The van der Waals surface area contributed by atoms with Gasteiger partial charge in [0.15, 0.2) is 0 Å². The molecule has 2 unspecified atom stereocenters. The molecule has 4 nitrogen and oxygen atoms in total. The number of nitrogens with zero attached hydrogens (tertiary/aromatic N) is 2. The summed E-state index contributed by atoms with van der Waals surface area (Å²) in [5.74, 6) is -2.03. The van der Waals surface area contributed by atoms with Crippen molar-refractivity contribution in [2.24, 2.45) is 5.92 Å². The number of alkyl halides is 6. The van der Waals surface area contributed by atoms with E-state index in [1.54, 1.807) is 0 Å². The van der Waals surface area contributed by atoms with Gasteiger partial charge in [0, 0.05) is 5.69 Å². The first kappa shape index (κ1) is 18.9. The Bertz CT molecular complexity index is 722. The van der Waals surface area contributed by atoms with E-state index in [4.69, 9.17) is 10.00 Å². The Morgan fingerprint density at radius 2 is 1.84 bits per heavy atom. The number of amides is 1. The Balaban J connectivity index is 2.55. The van der Waals surface area contributed by atoms with E-state index in [9.17, 15) is 31.1 Å². The number of nitriles is 1. The van der Waals surface area contributed by atoms with E-state index in [-0.39, 0.29) is 0 Å². The van der Waals surface area contributed by atoms with Gasteiger partial charge in [-0.15, -0.1) is 0 Å². The number of hydrogen-bond donors (Lipinski definition) is 0. The fraction of sp³-hybridized carbons (Fsp3) is 0.467. The van der Waals surface area contributed by atoms with Crippen molar-refractivity contribution < 1.29 is 35.9 Å². The number of carbonyl (C=O) groups is 1. The number of rotatable bonds is 2. The van der Waals surface area contributed by atoms with Gasteiger partial charge in [0.25, 0.3) is 0 Å². The molecule has 3 atom stereocenters. The Morgan fingerprint density at radius 3 is 2.32 bits per heavy atom. The van der Waals surface area contributed by atoms with Crippen LogP contribution in [0.1, 0.15) is 25.0 Å². The largest absolute Gasteiger partial charge is 0.444 e. The maximum absolute atomic E-state index is 13.1. The van der Waals surface area contributed by atoms with Crippen molar-refractivity contribution in [3.63, 3.8) is 0 Å². The highest BCUT2D eigenvalue weighted by Crippen LogP contribution is 2.40. The van der Waals surface area contributed by atoms with Crippen LogP contribution in [0.25, 0.3) is 0 Å². The second-order valence-electron chi connectivity index (χ2n) is 5.62. The molecule has 25 heavy (non-hydrogen) atoms. The minimum atomic E-state index is -4.90. The molecule has 1 heterocycles. The van der Waals surface area contributed by atoms with Crippen molar-refractivity contribution in [3.8, 4) is 6.07 Å². The molecule has 0 aromatic heterocycles. The standard InChI is InChI=1S/C15H12F6N2O2/c1-7(14(16,17)18)12-8(2)25-13(24)23(12)10-4-3-9(6-22)11(5-10)15(19,20)21/h3-5,7-8,12H,1-2H3/t7?,8-,12?/m0/s1. The van der Waals surface area contributed by atoms with E-state index in [2.05, 4.69) is 0 Å². The number of benzene rings is 1. The summed E-state index contributed by atoms with van der Waals surface area (Å²) in [5, 5.41) is 8.77. The lowest BCUT2D eigenvalue weighted by Gasteiger charge is -2.30. The van der Waals surface area contributed by atoms with Gasteiger partial charge < -0.3 is 4.74 Å². The molecule has 0 saturated carbocycles. The maximum atomic E-state index is 13.1. The normalized spacial score (nSPS) is 22.5. The second kappa shape index (κ2) is 6.13. The third-order valence-corrected chi connectivity index (χ3v) is 4.00. The molecule has 0 bridgehead atoms. The highest BCUT2D eigenvalue weighted by molar-refractivity contribution is 5.91. The molecule has 1 aliphatic heterocycles. The number of hydrogen-bond acceptors (Lipinski definition) is 3. The minimum absolute atomic E-state index is 0.415. The molecule has 1 saturated heterocycles. The second-order valence-corrected chi connectivity index (χ2v) is 5.62. The number of ether oxygens (including phenoxy) is 1. The smallest absolute Gasteiger partial charge is 0.417 e. The Hall–Kier alpha value is -2.44. The van der Waals surface area contributed by atoms with E-state index < -0.39 is 53.3 Å². The summed E-state index contributed by atoms with van der Waals surface area (Å²) in [4.78, 5) is 12.5. The molecule has 0 aliphatic carbocycles. The SMILES string of the molecule is CC(C1[C@H](C)OC(=O)N1c1ccc(C#N)c(C(F)(F)F)c1)C(F)(F)F. The predicted molar refractivity (Wildman–Crippen MR) is 73.6 cm³/mol. The van der Waals surface area contributed by atoms with Crippen molar-refractivity contribution in [2.45, 2.75) is 38.3 Å². The van der Waals surface area contributed by atoms with Crippen LogP contribution in [0.15, 0.2) is 18.2 Å². The first-order chi connectivity index (χ1) is 11.4. The molecular weight excluding hydrogens is 354 g/mol. The molecule has 10 heteroatoms. The minimum Gasteiger partial charge on any atom is -0.444 e. The van der Waals surface area contributed by atoms with Gasteiger partial charge in [-0.1, -0.05) is 6.92 Å². The lowest BCUT2D eigenvalue weighted by Crippen LogP contribution is -2.46. The molecule has 2 rings (SSSR count). The molecule has 1 aliphatic rings. The van der Waals surface area contributed by atoms with E-state index >= 15 is 0 Å². The summed E-state index contributed by atoms with van der Waals surface area (Å²) < 4.78 is 83.1. The van der Waals surface area contributed by atoms with Crippen molar-refractivity contribution in [3.05, 3.63) is 29.3 Å². The van der Waals surface area contributed by atoms with E-state index in [0.717, 1.165) is 19.1 Å². The first-order valence-electron chi connectivity index (χ1n) is 7.05. The van der Waals surface area contributed by atoms with Crippen molar-refractivity contribution in [1.82, 2.24) is 0 Å². The first-order valence-corrected chi connectivity index (χ1v) is 7.05. The highest BCUT2D eigenvalue weighted by atomic mass is 19.4. The van der Waals surface area contributed by atoms with E-state index in [1.807, 2.05) is 0 Å². The van der Waals surface area contributed by atoms with Gasteiger partial charge >= 0.3 is 18.4 Å². The van der Waals surface area contributed by atoms with Crippen LogP contribution in [0.3, 0.4) is 0 Å². The average molecular weight is 366 g/mol. The summed E-state index contributed by atoms with van der Waals surface area (Å²) in [6.07, 6.45) is -11.9. The Kier molecular flexibility index (Phi) is 4.63. The zero-order valence-corrected chi connectivity index (χ0v) is 12.9. The van der Waals surface area contributed by atoms with Gasteiger partial charge in [-0.25, -0.2) is 4.79 Å². The predicted octanol–water partition coefficient (Wildman–Crippen LogP) is 4.49. The van der Waals surface area contributed by atoms with Crippen LogP contribution in [0.2, 0.25) is 0 Å². The maximum Gasteiger partial charge on any atom is 0.417 e.